The molecule has 0 heterocycles. The van der Waals surface area contributed by atoms with Crippen molar-refractivity contribution in [3.63, 3.8) is 0 Å². The highest BCUT2D eigenvalue weighted by Crippen LogP contribution is 2.43. The number of esters is 2. The maximum Gasteiger partial charge on any atom is 0.472 e. The highest BCUT2D eigenvalue weighted by molar-refractivity contribution is 7.47. The molecule has 0 spiro atoms. The van der Waals surface area contributed by atoms with Crippen LogP contribution in [0, 0.1) is 11.8 Å². The van der Waals surface area contributed by atoms with Crippen molar-refractivity contribution >= 4 is 19.8 Å². The first-order valence-corrected chi connectivity index (χ1v) is 25.2. The lowest BCUT2D eigenvalue weighted by molar-refractivity contribution is -0.161. The number of phosphoric acid groups is 1. The molecule has 1 aliphatic rings. The predicted octanol–water partition coefficient (Wildman–Crippen LogP) is 10.1. The maximum atomic E-state index is 12.7. The zero-order valence-electron chi connectivity index (χ0n) is 37.5. The van der Waals surface area contributed by atoms with Gasteiger partial charge in [0.1, 0.15) is 6.61 Å². The number of rotatable bonds is 40. The highest BCUT2D eigenvalue weighted by Gasteiger charge is 2.39. The molecule has 0 radical (unpaired) electrons. The Morgan fingerprint density at radius 1 is 0.700 bits per heavy atom. The molecule has 1 rings (SSSR count). The second kappa shape index (κ2) is 37.6. The summed E-state index contributed by atoms with van der Waals surface area (Å²) in [5.74, 6) is -1.42. The van der Waals surface area contributed by atoms with E-state index in [1.54, 1.807) is 6.08 Å². The van der Waals surface area contributed by atoms with Crippen LogP contribution in [0.5, 0.6) is 0 Å². The van der Waals surface area contributed by atoms with Gasteiger partial charge in [0, 0.05) is 31.7 Å². The minimum absolute atomic E-state index is 0.0180. The quantitative estimate of drug-likeness (QED) is 0.0169. The molecular weight excluding hydrogens is 785 g/mol. The number of allylic oxidation sites excluding steroid dienone is 4. The molecule has 0 aromatic carbocycles. The number of phosphoric ester groups is 1. The van der Waals surface area contributed by atoms with Gasteiger partial charge in [0.05, 0.1) is 31.5 Å². The molecule has 0 amide bonds. The van der Waals surface area contributed by atoms with Crippen LogP contribution in [0.3, 0.4) is 0 Å². The number of ether oxygens (including phenoxy) is 2. The van der Waals surface area contributed by atoms with E-state index in [1.165, 1.54) is 83.5 Å². The van der Waals surface area contributed by atoms with E-state index in [2.05, 4.69) is 26.0 Å². The number of nitrogens with two attached hydrogens (primary N) is 1. The van der Waals surface area contributed by atoms with Crippen LogP contribution in [0.25, 0.3) is 0 Å². The molecule has 0 aromatic rings. The molecule has 13 heteroatoms. The van der Waals surface area contributed by atoms with Gasteiger partial charge in [-0.25, -0.2) is 4.57 Å². The molecule has 0 aromatic heterocycles. The van der Waals surface area contributed by atoms with Crippen LogP contribution < -0.4 is 5.73 Å². The van der Waals surface area contributed by atoms with E-state index in [9.17, 15) is 34.4 Å². The predicted molar refractivity (Wildman–Crippen MR) is 240 cm³/mol. The summed E-state index contributed by atoms with van der Waals surface area (Å²) in [6.07, 6.45) is 35.5. The van der Waals surface area contributed by atoms with Crippen LogP contribution in [0.1, 0.15) is 187 Å². The molecule has 6 N–H and O–H groups in total. The number of unbranched alkanes of at least 4 members (excludes halogenated alkanes) is 18. The summed E-state index contributed by atoms with van der Waals surface area (Å²) in [5, 5.41) is 31.3. The van der Waals surface area contributed by atoms with E-state index < -0.39 is 50.8 Å². The Morgan fingerprint density at radius 3 is 1.88 bits per heavy atom. The second-order valence-corrected chi connectivity index (χ2v) is 18.0. The van der Waals surface area contributed by atoms with E-state index in [-0.39, 0.29) is 44.4 Å². The summed E-state index contributed by atoms with van der Waals surface area (Å²) in [6.45, 7) is 3.36. The lowest BCUT2D eigenvalue weighted by atomic mass is 9.89. The number of aliphatic hydroxyl groups is 3. The lowest BCUT2D eigenvalue weighted by Gasteiger charge is -2.20. The zero-order valence-corrected chi connectivity index (χ0v) is 38.4. The zero-order chi connectivity index (χ0) is 44.1. The summed E-state index contributed by atoms with van der Waals surface area (Å²) in [4.78, 5) is 35.1. The summed E-state index contributed by atoms with van der Waals surface area (Å²) in [7, 11) is -4.44. The summed E-state index contributed by atoms with van der Waals surface area (Å²) in [5.41, 5.74) is 5.35. The fourth-order valence-electron chi connectivity index (χ4n) is 7.45. The fraction of sp³-hybridized carbons (Fsp3) is 0.830. The third kappa shape index (κ3) is 31.0. The summed E-state index contributed by atoms with van der Waals surface area (Å²) >= 11 is 0. The minimum Gasteiger partial charge on any atom is -0.462 e. The Morgan fingerprint density at radius 2 is 1.25 bits per heavy atom. The van der Waals surface area contributed by atoms with Crippen LogP contribution in [-0.2, 0) is 32.7 Å². The molecule has 0 aliphatic heterocycles. The molecule has 0 saturated heterocycles. The van der Waals surface area contributed by atoms with Crippen molar-refractivity contribution in [2.24, 2.45) is 17.6 Å². The molecule has 0 bridgehead atoms. The number of carbonyl (C=O) groups excluding carboxylic acids is 2. The Balaban J connectivity index is 2.34. The van der Waals surface area contributed by atoms with Gasteiger partial charge in [-0.2, -0.15) is 0 Å². The molecule has 1 unspecified atom stereocenters. The third-order valence-electron chi connectivity index (χ3n) is 11.1. The van der Waals surface area contributed by atoms with Crippen molar-refractivity contribution in [3.8, 4) is 0 Å². The van der Waals surface area contributed by atoms with Gasteiger partial charge in [-0.05, 0) is 63.7 Å². The van der Waals surface area contributed by atoms with Gasteiger partial charge in [0.2, 0.25) is 0 Å². The first-order chi connectivity index (χ1) is 29.0. The van der Waals surface area contributed by atoms with Crippen LogP contribution >= 0.6 is 7.82 Å². The number of aliphatic hydroxyl groups excluding tert-OH is 3. The van der Waals surface area contributed by atoms with Gasteiger partial charge in [-0.15, -0.1) is 0 Å². The van der Waals surface area contributed by atoms with Crippen molar-refractivity contribution in [2.75, 3.05) is 26.4 Å². The van der Waals surface area contributed by atoms with Crippen molar-refractivity contribution in [3.05, 3.63) is 36.5 Å². The van der Waals surface area contributed by atoms with Crippen molar-refractivity contribution < 1.29 is 52.9 Å². The summed E-state index contributed by atoms with van der Waals surface area (Å²) in [6, 6.07) is 0. The maximum absolute atomic E-state index is 12.7. The third-order valence-corrected chi connectivity index (χ3v) is 12.1. The average Bonchev–Trinajstić information content (AvgIpc) is 3.49. The average molecular weight is 872 g/mol. The van der Waals surface area contributed by atoms with E-state index in [0.29, 0.717) is 38.5 Å². The Bertz CT molecular complexity index is 1200. The largest absolute Gasteiger partial charge is 0.472 e. The normalized spacial score (nSPS) is 20.3. The molecule has 1 aliphatic carbocycles. The molecule has 1 fully saturated rings. The van der Waals surface area contributed by atoms with Gasteiger partial charge < -0.3 is 35.4 Å². The molecule has 60 heavy (non-hydrogen) atoms. The van der Waals surface area contributed by atoms with Gasteiger partial charge >= 0.3 is 19.8 Å². The molecule has 7 atom stereocenters. The Kier molecular flexibility index (Phi) is 35.2. The Labute approximate surface area is 363 Å². The smallest absolute Gasteiger partial charge is 0.462 e. The monoisotopic (exact) mass is 872 g/mol. The van der Waals surface area contributed by atoms with E-state index in [0.717, 1.165) is 38.5 Å². The van der Waals surface area contributed by atoms with Crippen molar-refractivity contribution in [2.45, 2.75) is 212 Å². The van der Waals surface area contributed by atoms with Crippen LogP contribution in [0.2, 0.25) is 0 Å². The van der Waals surface area contributed by atoms with Gasteiger partial charge in [-0.1, -0.05) is 147 Å². The van der Waals surface area contributed by atoms with E-state index in [1.807, 2.05) is 18.2 Å². The van der Waals surface area contributed by atoms with Crippen LogP contribution in [0.4, 0.5) is 0 Å². The van der Waals surface area contributed by atoms with Gasteiger partial charge in [0.25, 0.3) is 0 Å². The standard InChI is InChI=1S/C47H86NO11P/c1-3-5-7-8-9-10-11-12-13-14-15-16-17-18-19-20-21-22-28-32-47(53)59-41(39-58-60(54,55)57-36-35-48)38-56-46(52)31-27-24-23-26-30-42-43(45(51)37-44(42)50)34-33-40(49)29-25-6-4-2/h12-13,23,26,33-34,40-45,49-51H,3-11,14-22,24-25,27-32,35-39,48H2,1-2H3,(H,54,55)/b13-12-,26-23+,34-33+/t40-,41+,42+,43+,44-,45+/m0/s1. The van der Waals surface area contributed by atoms with Crippen LogP contribution in [0.15, 0.2) is 36.5 Å². The second-order valence-electron chi connectivity index (χ2n) is 16.6. The molecule has 1 saturated carbocycles. The SMILES string of the molecule is CCCCCCCC/C=C\CCCCCCCCCCCC(=O)O[C@H](COC(=O)CCC/C=C/C[C@@H]1[C@@H](/C=C/[C@@H](O)CCCCC)[C@H](O)C[C@@H]1O)COP(=O)(O)OCCN. The minimum atomic E-state index is -4.44. The van der Waals surface area contributed by atoms with E-state index in [4.69, 9.17) is 24.3 Å². The summed E-state index contributed by atoms with van der Waals surface area (Å²) < 4.78 is 32.8. The van der Waals surface area contributed by atoms with Gasteiger partial charge in [0.15, 0.2) is 6.10 Å². The number of carbonyl (C=O) groups is 2. The van der Waals surface area contributed by atoms with Gasteiger partial charge in [-0.3, -0.25) is 18.6 Å². The highest BCUT2D eigenvalue weighted by atomic mass is 31.2. The molecular formula is C47H86NO11P. The Hall–Kier alpha value is -1.89. The first-order valence-electron chi connectivity index (χ1n) is 23.7. The molecule has 350 valence electrons. The van der Waals surface area contributed by atoms with Crippen molar-refractivity contribution in [1.29, 1.82) is 0 Å². The van der Waals surface area contributed by atoms with Crippen molar-refractivity contribution in [1.82, 2.24) is 0 Å². The lowest BCUT2D eigenvalue weighted by Crippen LogP contribution is -2.29. The van der Waals surface area contributed by atoms with E-state index >= 15 is 0 Å². The van der Waals surface area contributed by atoms with Crippen LogP contribution in [-0.4, -0.2) is 82.9 Å². The fourth-order valence-corrected chi connectivity index (χ4v) is 8.21. The molecule has 12 nitrogen and oxygen atoms in total. The topological polar surface area (TPSA) is 195 Å². The number of hydrogen-bond acceptors (Lipinski definition) is 11. The number of hydrogen-bond donors (Lipinski definition) is 5. The first kappa shape index (κ1) is 56.1.